The monoisotopic (exact) mass is 606 g/mol. The largest absolute Gasteiger partial charge is 0.504 e. The van der Waals surface area contributed by atoms with Crippen molar-refractivity contribution in [2.75, 3.05) is 12.0 Å². The number of carbonyl (C=O) groups is 2. The van der Waals surface area contributed by atoms with Gasteiger partial charge in [0.2, 0.25) is 16.5 Å². The van der Waals surface area contributed by atoms with Crippen LogP contribution < -0.4 is 15.0 Å². The number of fused-ring (bicyclic) bond motifs is 9. The number of aromatic nitrogens is 4. The number of imide groups is 1. The fraction of sp³-hybridized carbons (Fsp3) is 0.417. The van der Waals surface area contributed by atoms with Crippen molar-refractivity contribution in [2.24, 2.45) is 29.6 Å². The number of nitrogens with one attached hydrogen (secondary N) is 2. The van der Waals surface area contributed by atoms with Gasteiger partial charge in [-0.15, -0.1) is 11.8 Å². The Labute approximate surface area is 239 Å². The van der Waals surface area contributed by atoms with Crippen molar-refractivity contribution in [3.8, 4) is 11.5 Å². The summed E-state index contributed by atoms with van der Waals surface area (Å²) in [6.07, 6.45) is 0.735. The number of nitrogens with zero attached hydrogens (tertiary/aromatic N) is 4. The number of anilines is 1. The second kappa shape index (κ2) is 9.08. The van der Waals surface area contributed by atoms with Gasteiger partial charge < -0.3 is 14.8 Å². The molecule has 3 N–H and O–H groups in total. The SMILES string of the molecule is CCOc1cc(C2c3sc(=O)[nH]c3SC3C4CC(C5C(=O)N(Nc6nc(Cl)nc(Cl)n6)C(=O)C45)C23)ccc1O. The maximum absolute atomic E-state index is 13.7. The molecular weight excluding hydrogens is 587 g/mol. The van der Waals surface area contributed by atoms with Gasteiger partial charge in [0.1, 0.15) is 0 Å². The van der Waals surface area contributed by atoms with Crippen LogP contribution in [-0.2, 0) is 9.59 Å². The van der Waals surface area contributed by atoms with E-state index < -0.39 is 11.8 Å². The predicted octanol–water partition coefficient (Wildman–Crippen LogP) is 3.53. The lowest BCUT2D eigenvalue weighted by molar-refractivity contribution is -0.139. The topological polar surface area (TPSA) is 150 Å². The first-order valence-electron chi connectivity index (χ1n) is 12.3. The van der Waals surface area contributed by atoms with Gasteiger partial charge in [0.25, 0.3) is 11.8 Å². The first-order valence-corrected chi connectivity index (χ1v) is 14.8. The smallest absolute Gasteiger partial charge is 0.305 e. The molecule has 2 aromatic heterocycles. The van der Waals surface area contributed by atoms with E-state index in [1.165, 1.54) is 11.3 Å². The highest BCUT2D eigenvalue weighted by Gasteiger charge is 2.70. The predicted molar refractivity (Wildman–Crippen MR) is 143 cm³/mol. The van der Waals surface area contributed by atoms with E-state index in [1.807, 2.05) is 19.1 Å². The third kappa shape index (κ3) is 3.77. The van der Waals surface area contributed by atoms with Crippen LogP contribution in [0.15, 0.2) is 28.0 Å². The Morgan fingerprint density at radius 1 is 1.13 bits per heavy atom. The molecule has 2 saturated carbocycles. The zero-order chi connectivity index (χ0) is 27.2. The minimum atomic E-state index is -0.521. The van der Waals surface area contributed by atoms with Crippen molar-refractivity contribution in [1.82, 2.24) is 24.9 Å². The fourth-order valence-corrected chi connectivity index (χ4v) is 10.2. The van der Waals surface area contributed by atoms with Gasteiger partial charge in [-0.05, 0) is 72.0 Å². The molecule has 202 valence electrons. The lowest BCUT2D eigenvalue weighted by Gasteiger charge is -2.43. The van der Waals surface area contributed by atoms with E-state index in [0.29, 0.717) is 12.4 Å². The molecule has 2 amide bonds. The number of phenols is 1. The zero-order valence-corrected chi connectivity index (χ0v) is 23.3. The number of hydrazine groups is 1. The molecule has 7 atom stereocenters. The molecule has 2 aliphatic carbocycles. The molecular formula is C24H20Cl2N6O5S2. The number of ether oxygens (including phenoxy) is 1. The molecule has 39 heavy (non-hydrogen) atoms. The average molecular weight is 608 g/mol. The summed E-state index contributed by atoms with van der Waals surface area (Å²) < 4.78 is 5.65. The number of phenolic OH excluding ortho intramolecular Hbond substituents is 1. The molecule has 4 aliphatic rings. The van der Waals surface area contributed by atoms with Crippen LogP contribution in [0.1, 0.15) is 29.7 Å². The Morgan fingerprint density at radius 2 is 1.85 bits per heavy atom. The number of benzene rings is 1. The minimum absolute atomic E-state index is 0.00279. The Balaban J connectivity index is 1.27. The first kappa shape index (κ1) is 25.1. The van der Waals surface area contributed by atoms with E-state index in [9.17, 15) is 19.5 Å². The molecule has 15 heteroatoms. The highest BCUT2D eigenvalue weighted by Crippen LogP contribution is 2.68. The van der Waals surface area contributed by atoms with Crippen molar-refractivity contribution < 1.29 is 19.4 Å². The number of amides is 2. The minimum Gasteiger partial charge on any atom is -0.504 e. The molecule has 11 nitrogen and oxygen atoms in total. The number of hydrogen-bond donors (Lipinski definition) is 3. The number of aromatic amines is 1. The number of halogens is 2. The third-order valence-electron chi connectivity index (χ3n) is 8.16. The first-order chi connectivity index (χ1) is 18.7. The van der Waals surface area contributed by atoms with Gasteiger partial charge >= 0.3 is 4.87 Å². The maximum Gasteiger partial charge on any atom is 0.305 e. The third-order valence-corrected chi connectivity index (χ3v) is 11.1. The molecule has 1 saturated heterocycles. The second-order valence-electron chi connectivity index (χ2n) is 9.94. The molecule has 7 unspecified atom stereocenters. The number of aromatic hydroxyl groups is 1. The van der Waals surface area contributed by atoms with Crippen LogP contribution in [-0.4, -0.2) is 53.7 Å². The number of hydrogen-bond acceptors (Lipinski definition) is 11. The van der Waals surface area contributed by atoms with Gasteiger partial charge in [0.05, 0.1) is 23.5 Å². The lowest BCUT2D eigenvalue weighted by Crippen LogP contribution is -2.42. The Kier molecular flexibility index (Phi) is 5.85. The van der Waals surface area contributed by atoms with Gasteiger partial charge in [-0.1, -0.05) is 17.4 Å². The fourth-order valence-electron chi connectivity index (χ4n) is 6.97. The van der Waals surface area contributed by atoms with E-state index in [4.69, 9.17) is 27.9 Å². The van der Waals surface area contributed by atoms with Crippen LogP contribution >= 0.6 is 46.3 Å². The number of thiazole rings is 1. The summed E-state index contributed by atoms with van der Waals surface area (Å²) >= 11 is 14.5. The molecule has 3 aromatic rings. The van der Waals surface area contributed by atoms with E-state index in [1.54, 1.807) is 17.8 Å². The highest BCUT2D eigenvalue weighted by molar-refractivity contribution is 8.00. The van der Waals surface area contributed by atoms with Crippen LogP contribution in [0, 0.1) is 29.6 Å². The van der Waals surface area contributed by atoms with Crippen LogP contribution in [0.25, 0.3) is 0 Å². The lowest BCUT2D eigenvalue weighted by atomic mass is 9.68. The Hall–Kier alpha value is -2.87. The van der Waals surface area contributed by atoms with E-state index in [0.717, 1.165) is 26.9 Å². The van der Waals surface area contributed by atoms with Gasteiger partial charge in [0.15, 0.2) is 11.5 Å². The maximum atomic E-state index is 13.7. The standard InChI is InChI=1S/C24H20Cl2N6O5S2/c1-2-37-11-5-7(3-4-10(11)33)12-13-8-6-9(16(13)38-18-17(12)39-24(36)27-18)15-14(8)19(34)32(20(15)35)31-23-29-21(25)28-22(26)30-23/h3-5,8-9,12-16,33H,2,6H2,1H3,(H,27,36)(H,28,29,30,31). The van der Waals surface area contributed by atoms with Gasteiger partial charge in [-0.2, -0.15) is 20.0 Å². The number of H-pyrrole nitrogens is 1. The van der Waals surface area contributed by atoms with Crippen molar-refractivity contribution in [3.63, 3.8) is 0 Å². The zero-order valence-electron chi connectivity index (χ0n) is 20.1. The Morgan fingerprint density at radius 3 is 2.56 bits per heavy atom. The average Bonchev–Trinajstić information content (AvgIpc) is 3.61. The normalized spacial score (nSPS) is 30.3. The molecule has 2 bridgehead atoms. The van der Waals surface area contributed by atoms with Crippen molar-refractivity contribution in [1.29, 1.82) is 0 Å². The molecule has 3 fully saturated rings. The highest BCUT2D eigenvalue weighted by atomic mass is 35.5. The van der Waals surface area contributed by atoms with Crippen molar-refractivity contribution in [3.05, 3.63) is 48.9 Å². The van der Waals surface area contributed by atoms with Gasteiger partial charge in [-0.25, -0.2) is 0 Å². The number of thioether (sulfide) groups is 1. The molecule has 1 aromatic carbocycles. The summed E-state index contributed by atoms with van der Waals surface area (Å²) in [5.74, 6) is -1.75. The quantitative estimate of drug-likeness (QED) is 0.368. The molecule has 7 rings (SSSR count). The summed E-state index contributed by atoms with van der Waals surface area (Å²) in [5.41, 5.74) is 3.59. The van der Waals surface area contributed by atoms with Crippen LogP contribution in [0.4, 0.5) is 5.95 Å². The Bertz CT molecular complexity index is 1580. The van der Waals surface area contributed by atoms with Gasteiger partial charge in [0, 0.05) is 16.0 Å². The van der Waals surface area contributed by atoms with Crippen molar-refractivity contribution in [2.45, 2.75) is 29.5 Å². The van der Waals surface area contributed by atoms with Crippen LogP contribution in [0.5, 0.6) is 11.5 Å². The molecule has 0 spiro atoms. The summed E-state index contributed by atoms with van der Waals surface area (Å²) in [7, 11) is 0. The summed E-state index contributed by atoms with van der Waals surface area (Å²) in [4.78, 5) is 55.0. The van der Waals surface area contributed by atoms with E-state index in [2.05, 4.69) is 25.4 Å². The van der Waals surface area contributed by atoms with E-state index >= 15 is 0 Å². The molecule has 4 heterocycles. The molecule has 0 radical (unpaired) electrons. The number of carbonyl (C=O) groups excluding carboxylic acids is 2. The van der Waals surface area contributed by atoms with E-state index in [-0.39, 0.29) is 67.9 Å². The summed E-state index contributed by atoms with van der Waals surface area (Å²) in [6, 6.07) is 5.26. The van der Waals surface area contributed by atoms with Crippen LogP contribution in [0.2, 0.25) is 10.6 Å². The van der Waals surface area contributed by atoms with Crippen molar-refractivity contribution >= 4 is 64.1 Å². The summed E-state index contributed by atoms with van der Waals surface area (Å²) in [5, 5.41) is 11.8. The number of rotatable bonds is 5. The second-order valence-corrected chi connectivity index (χ2v) is 12.8. The molecule has 2 aliphatic heterocycles. The van der Waals surface area contributed by atoms with Gasteiger partial charge in [-0.3, -0.25) is 19.8 Å². The summed E-state index contributed by atoms with van der Waals surface area (Å²) in [6.45, 7) is 2.23. The van der Waals surface area contributed by atoms with Crippen LogP contribution in [0.3, 0.4) is 0 Å².